The van der Waals surface area contributed by atoms with E-state index >= 15 is 0 Å². The second-order valence-corrected chi connectivity index (χ2v) is 7.51. The van der Waals surface area contributed by atoms with Crippen molar-refractivity contribution in [3.8, 4) is 11.1 Å². The second kappa shape index (κ2) is 10.5. The van der Waals surface area contributed by atoms with E-state index in [1.807, 2.05) is 42.5 Å². The number of aromatic amines is 1. The number of carbonyl (C=O) groups excluding carboxylic acids is 1. The number of hydrazine groups is 1. The van der Waals surface area contributed by atoms with Crippen molar-refractivity contribution in [1.29, 1.82) is 0 Å². The molecule has 6 nitrogen and oxygen atoms in total. The summed E-state index contributed by atoms with van der Waals surface area (Å²) in [4.78, 5) is 23.7. The lowest BCUT2D eigenvalue weighted by atomic mass is 10.1. The third kappa shape index (κ3) is 5.69. The molecule has 0 radical (unpaired) electrons. The van der Waals surface area contributed by atoms with Crippen molar-refractivity contribution in [3.63, 3.8) is 0 Å². The van der Waals surface area contributed by atoms with Gasteiger partial charge in [0.05, 0.1) is 12.0 Å². The zero-order valence-corrected chi connectivity index (χ0v) is 18.0. The molecule has 0 saturated heterocycles. The maximum atomic E-state index is 12.5. The van der Waals surface area contributed by atoms with Crippen LogP contribution in [0.3, 0.4) is 0 Å². The zero-order chi connectivity index (χ0) is 22.2. The number of H-pyrrole nitrogens is 1. The van der Waals surface area contributed by atoms with Crippen LogP contribution in [0.15, 0.2) is 96.4 Å². The third-order valence-corrected chi connectivity index (χ3v) is 5.12. The van der Waals surface area contributed by atoms with Crippen molar-refractivity contribution in [3.05, 3.63) is 108 Å². The van der Waals surface area contributed by atoms with Crippen molar-refractivity contribution < 1.29 is 4.79 Å². The highest BCUT2D eigenvalue weighted by Gasteiger charge is 2.08. The molecule has 0 spiro atoms. The Labute approximate surface area is 191 Å². The van der Waals surface area contributed by atoms with E-state index in [1.165, 1.54) is 6.34 Å². The number of carbonyl (C=O) groups is 1. The minimum atomic E-state index is -0.344. The first-order valence-corrected chi connectivity index (χ1v) is 10.6. The number of amides is 1. The molecule has 7 heteroatoms. The Bertz CT molecular complexity index is 1160. The first-order chi connectivity index (χ1) is 15.7. The van der Waals surface area contributed by atoms with E-state index in [9.17, 15) is 4.79 Å². The van der Waals surface area contributed by atoms with E-state index in [2.05, 4.69) is 32.5 Å². The summed E-state index contributed by atoms with van der Waals surface area (Å²) in [6.45, 7) is 0.629. The van der Waals surface area contributed by atoms with E-state index in [-0.39, 0.29) is 5.91 Å². The molecule has 1 heterocycles. The molecule has 1 amide bonds. The highest BCUT2D eigenvalue weighted by Crippen LogP contribution is 2.22. The van der Waals surface area contributed by atoms with Gasteiger partial charge in [-0.2, -0.15) is 4.99 Å². The molecular weight excluding hydrogens is 422 g/mol. The fourth-order valence-corrected chi connectivity index (χ4v) is 3.28. The molecule has 4 aromatic rings. The van der Waals surface area contributed by atoms with E-state index in [1.54, 1.807) is 41.8 Å². The SMILES string of the molecule is O=C(N=CN(NCCc1cnc[nH]1)c1ccc(-c2ccccc2)cc1)c1ccc(Cl)cc1. The Morgan fingerprint density at radius 2 is 1.72 bits per heavy atom. The second-order valence-electron chi connectivity index (χ2n) is 7.07. The zero-order valence-electron chi connectivity index (χ0n) is 17.3. The maximum Gasteiger partial charge on any atom is 0.278 e. The Balaban J connectivity index is 1.51. The van der Waals surface area contributed by atoms with Crippen LogP contribution in [0.1, 0.15) is 16.1 Å². The van der Waals surface area contributed by atoms with Crippen LogP contribution < -0.4 is 10.4 Å². The van der Waals surface area contributed by atoms with Crippen LogP contribution in [0.5, 0.6) is 0 Å². The number of imidazole rings is 1. The van der Waals surface area contributed by atoms with Crippen LogP contribution in [0.25, 0.3) is 11.1 Å². The number of rotatable bonds is 8. The molecule has 32 heavy (non-hydrogen) atoms. The molecule has 4 rings (SSSR count). The van der Waals surface area contributed by atoms with Gasteiger partial charge >= 0.3 is 0 Å². The summed E-state index contributed by atoms with van der Waals surface area (Å²) in [6, 6.07) is 24.9. The van der Waals surface area contributed by atoms with Crippen molar-refractivity contribution >= 4 is 29.5 Å². The predicted octanol–water partition coefficient (Wildman–Crippen LogP) is 5.15. The standard InChI is InChI=1S/C25H22ClN5O/c26-22-10-6-21(7-11-22)25(32)29-18-31(30-15-14-23-16-27-17-28-23)24-12-8-20(9-13-24)19-4-2-1-3-5-19/h1-13,16-18,30H,14-15H2,(H,27,28). The van der Waals surface area contributed by atoms with Gasteiger partial charge < -0.3 is 4.98 Å². The van der Waals surface area contributed by atoms with Crippen molar-refractivity contribution in [1.82, 2.24) is 15.4 Å². The maximum absolute atomic E-state index is 12.5. The molecule has 160 valence electrons. The topological polar surface area (TPSA) is 73.4 Å². The number of aromatic nitrogens is 2. The van der Waals surface area contributed by atoms with Gasteiger partial charge in [-0.15, -0.1) is 0 Å². The van der Waals surface area contributed by atoms with E-state index in [0.717, 1.165) is 28.9 Å². The lowest BCUT2D eigenvalue weighted by Gasteiger charge is -2.21. The van der Waals surface area contributed by atoms with Crippen LogP contribution in [0.4, 0.5) is 5.69 Å². The van der Waals surface area contributed by atoms with Gasteiger partial charge in [-0.25, -0.2) is 10.4 Å². The minimum absolute atomic E-state index is 0.344. The number of hydrogen-bond acceptors (Lipinski definition) is 3. The number of halogens is 1. The molecular formula is C25H22ClN5O. The van der Waals surface area contributed by atoms with Crippen LogP contribution in [-0.4, -0.2) is 28.8 Å². The molecule has 0 bridgehead atoms. The van der Waals surface area contributed by atoms with E-state index < -0.39 is 0 Å². The lowest BCUT2D eigenvalue weighted by molar-refractivity contribution is 0.100. The van der Waals surface area contributed by atoms with Gasteiger partial charge in [-0.05, 0) is 47.5 Å². The Hall–Kier alpha value is -3.74. The van der Waals surface area contributed by atoms with Gasteiger partial charge in [0.2, 0.25) is 0 Å². The predicted molar refractivity (Wildman–Crippen MR) is 129 cm³/mol. The van der Waals surface area contributed by atoms with Crippen LogP contribution in [0, 0.1) is 0 Å². The summed E-state index contributed by atoms with van der Waals surface area (Å²) >= 11 is 5.91. The molecule has 0 aliphatic heterocycles. The third-order valence-electron chi connectivity index (χ3n) is 4.87. The lowest BCUT2D eigenvalue weighted by Crippen LogP contribution is -2.38. The molecule has 0 saturated carbocycles. The summed E-state index contributed by atoms with van der Waals surface area (Å²) in [5, 5.41) is 2.32. The molecule has 0 aliphatic rings. The number of nitrogens with one attached hydrogen (secondary N) is 2. The molecule has 1 aromatic heterocycles. The first-order valence-electron chi connectivity index (χ1n) is 10.2. The van der Waals surface area contributed by atoms with Crippen LogP contribution >= 0.6 is 11.6 Å². The highest BCUT2D eigenvalue weighted by atomic mass is 35.5. The number of benzene rings is 3. The normalized spacial score (nSPS) is 11.0. The van der Waals surface area contributed by atoms with Gasteiger partial charge in [0.15, 0.2) is 0 Å². The van der Waals surface area contributed by atoms with Crippen LogP contribution in [0.2, 0.25) is 5.02 Å². The van der Waals surface area contributed by atoms with Gasteiger partial charge in [0.1, 0.15) is 6.34 Å². The van der Waals surface area contributed by atoms with E-state index in [0.29, 0.717) is 17.1 Å². The molecule has 0 atom stereocenters. The Morgan fingerprint density at radius 1 is 1.00 bits per heavy atom. The number of nitrogens with zero attached hydrogens (tertiary/aromatic N) is 3. The summed E-state index contributed by atoms with van der Waals surface area (Å²) in [7, 11) is 0. The smallest absolute Gasteiger partial charge is 0.278 e. The molecule has 0 unspecified atom stereocenters. The first kappa shape index (κ1) is 21.5. The number of anilines is 1. The average Bonchev–Trinajstić information content (AvgIpc) is 3.36. The quantitative estimate of drug-likeness (QED) is 0.224. The highest BCUT2D eigenvalue weighted by molar-refractivity contribution is 6.30. The number of aliphatic imine (C=N–C) groups is 1. The van der Waals surface area contributed by atoms with Gasteiger partial charge in [-0.3, -0.25) is 9.80 Å². The summed E-state index contributed by atoms with van der Waals surface area (Å²) < 4.78 is 0. The van der Waals surface area contributed by atoms with Crippen molar-refractivity contribution in [2.75, 3.05) is 11.6 Å². The van der Waals surface area contributed by atoms with Crippen molar-refractivity contribution in [2.24, 2.45) is 4.99 Å². The molecule has 0 fully saturated rings. The summed E-state index contributed by atoms with van der Waals surface area (Å²) in [5.41, 5.74) is 7.92. The van der Waals surface area contributed by atoms with Gasteiger partial charge in [0, 0.05) is 35.4 Å². The summed E-state index contributed by atoms with van der Waals surface area (Å²) in [5.74, 6) is -0.344. The largest absolute Gasteiger partial charge is 0.348 e. The fraction of sp³-hybridized carbons (Fsp3) is 0.0800. The van der Waals surface area contributed by atoms with Crippen LogP contribution in [-0.2, 0) is 6.42 Å². The van der Waals surface area contributed by atoms with Gasteiger partial charge in [-0.1, -0.05) is 54.1 Å². The summed E-state index contributed by atoms with van der Waals surface area (Å²) in [6.07, 6.45) is 5.69. The Morgan fingerprint density at radius 3 is 2.41 bits per heavy atom. The van der Waals surface area contributed by atoms with E-state index in [4.69, 9.17) is 11.6 Å². The molecule has 3 aromatic carbocycles. The fourth-order valence-electron chi connectivity index (χ4n) is 3.15. The molecule has 2 N–H and O–H groups in total. The average molecular weight is 444 g/mol. The molecule has 0 aliphatic carbocycles. The van der Waals surface area contributed by atoms with Crippen molar-refractivity contribution in [2.45, 2.75) is 6.42 Å². The number of hydrogen-bond donors (Lipinski definition) is 2. The Kier molecular flexibility index (Phi) is 7.07. The monoisotopic (exact) mass is 443 g/mol. The minimum Gasteiger partial charge on any atom is -0.348 e. The van der Waals surface area contributed by atoms with Gasteiger partial charge in [0.25, 0.3) is 5.91 Å².